The molecule has 0 aromatic heterocycles. The van der Waals surface area contributed by atoms with Crippen molar-refractivity contribution in [1.29, 1.82) is 0 Å². The van der Waals surface area contributed by atoms with Crippen molar-refractivity contribution in [3.8, 4) is 5.75 Å². The van der Waals surface area contributed by atoms with Crippen molar-refractivity contribution in [2.75, 3.05) is 0 Å². The summed E-state index contributed by atoms with van der Waals surface area (Å²) < 4.78 is 36.9. The Morgan fingerprint density at radius 3 is 2.40 bits per heavy atom. The summed E-state index contributed by atoms with van der Waals surface area (Å²) in [6.45, 7) is 0. The normalized spacial score (nSPS) is 12.9. The summed E-state index contributed by atoms with van der Waals surface area (Å²) in [6, 6.07) is 2.54. The van der Waals surface area contributed by atoms with Crippen LogP contribution in [0.15, 0.2) is 23.4 Å². The van der Waals surface area contributed by atoms with Gasteiger partial charge < -0.3 is 16.0 Å². The Morgan fingerprint density at radius 2 is 1.93 bits per heavy atom. The van der Waals surface area contributed by atoms with E-state index in [1.165, 1.54) is 0 Å². The first kappa shape index (κ1) is 11.2. The van der Waals surface area contributed by atoms with Crippen LogP contribution in [0, 0.1) is 0 Å². The van der Waals surface area contributed by atoms with Crippen molar-refractivity contribution >= 4 is 5.84 Å². The first-order chi connectivity index (χ1) is 6.86. The van der Waals surface area contributed by atoms with E-state index in [9.17, 15) is 13.2 Å². The monoisotopic (exact) mass is 220 g/mol. The number of hydrogen-bond acceptors (Lipinski definition) is 3. The number of aromatic hydroxyl groups is 1. The predicted molar refractivity (Wildman–Crippen MR) is 45.6 cm³/mol. The molecule has 0 aliphatic carbocycles. The Kier molecular flexibility index (Phi) is 2.74. The van der Waals surface area contributed by atoms with Gasteiger partial charge in [-0.1, -0.05) is 5.16 Å². The molecule has 0 heterocycles. The molecular weight excluding hydrogens is 213 g/mol. The average molecular weight is 220 g/mol. The van der Waals surface area contributed by atoms with Gasteiger partial charge in [-0.25, -0.2) is 0 Å². The van der Waals surface area contributed by atoms with E-state index >= 15 is 0 Å². The highest BCUT2D eigenvalue weighted by molar-refractivity contribution is 5.97. The Labute approximate surface area is 82.4 Å². The summed E-state index contributed by atoms with van der Waals surface area (Å²) in [5.74, 6) is -1.36. The predicted octanol–water partition coefficient (Wildman–Crippen LogP) is 1.51. The topological polar surface area (TPSA) is 78.8 Å². The maximum Gasteiger partial charge on any atom is 0.419 e. The molecule has 1 aromatic rings. The first-order valence-corrected chi connectivity index (χ1v) is 3.74. The molecule has 4 nitrogen and oxygen atoms in total. The van der Waals surface area contributed by atoms with Crippen LogP contribution in [0.25, 0.3) is 0 Å². The number of nitrogens with two attached hydrogens (primary N) is 1. The van der Waals surface area contributed by atoms with Gasteiger partial charge in [0, 0.05) is 5.56 Å². The Hall–Kier alpha value is -1.92. The summed E-state index contributed by atoms with van der Waals surface area (Å²) >= 11 is 0. The van der Waals surface area contributed by atoms with Crippen molar-refractivity contribution in [3.63, 3.8) is 0 Å². The van der Waals surface area contributed by atoms with E-state index in [2.05, 4.69) is 5.16 Å². The van der Waals surface area contributed by atoms with Gasteiger partial charge in [0.2, 0.25) is 0 Å². The third-order valence-electron chi connectivity index (χ3n) is 1.71. The zero-order valence-electron chi connectivity index (χ0n) is 7.28. The van der Waals surface area contributed by atoms with Gasteiger partial charge in [-0.2, -0.15) is 13.2 Å². The molecule has 0 bridgehead atoms. The summed E-state index contributed by atoms with van der Waals surface area (Å²) in [4.78, 5) is 0. The highest BCUT2D eigenvalue weighted by atomic mass is 19.4. The number of amidine groups is 1. The van der Waals surface area contributed by atoms with Crippen molar-refractivity contribution in [2.24, 2.45) is 10.9 Å². The SMILES string of the molecule is N/C(=N\O)c1ccc(O)c(C(F)(F)F)c1. The Bertz CT molecular complexity index is 401. The number of halogens is 3. The van der Waals surface area contributed by atoms with Crippen LogP contribution >= 0.6 is 0 Å². The zero-order valence-corrected chi connectivity index (χ0v) is 7.28. The molecule has 0 aliphatic rings. The summed E-state index contributed by atoms with van der Waals surface area (Å²) in [5.41, 5.74) is 3.75. The fourth-order valence-corrected chi connectivity index (χ4v) is 0.980. The second-order valence-corrected chi connectivity index (χ2v) is 2.71. The number of hydrogen-bond donors (Lipinski definition) is 3. The van der Waals surface area contributed by atoms with Crippen molar-refractivity contribution in [1.82, 2.24) is 0 Å². The van der Waals surface area contributed by atoms with Crippen molar-refractivity contribution < 1.29 is 23.5 Å². The van der Waals surface area contributed by atoms with E-state index in [-0.39, 0.29) is 5.56 Å². The minimum atomic E-state index is -4.68. The highest BCUT2D eigenvalue weighted by Gasteiger charge is 2.34. The van der Waals surface area contributed by atoms with Gasteiger partial charge in [0.1, 0.15) is 5.75 Å². The van der Waals surface area contributed by atoms with E-state index in [1.807, 2.05) is 0 Å². The van der Waals surface area contributed by atoms with Gasteiger partial charge in [-0.15, -0.1) is 0 Å². The quantitative estimate of drug-likeness (QED) is 0.290. The van der Waals surface area contributed by atoms with Gasteiger partial charge in [0.15, 0.2) is 5.84 Å². The lowest BCUT2D eigenvalue weighted by Crippen LogP contribution is -2.15. The number of phenols is 1. The lowest BCUT2D eigenvalue weighted by molar-refractivity contribution is -0.138. The van der Waals surface area contributed by atoms with E-state index < -0.39 is 23.3 Å². The van der Waals surface area contributed by atoms with Gasteiger partial charge in [-0.05, 0) is 18.2 Å². The molecule has 0 fully saturated rings. The summed E-state index contributed by atoms with van der Waals surface area (Å²) in [7, 11) is 0. The third-order valence-corrected chi connectivity index (χ3v) is 1.71. The zero-order chi connectivity index (χ0) is 11.6. The summed E-state index contributed by atoms with van der Waals surface area (Å²) in [5, 5.41) is 19.8. The molecule has 0 aliphatic heterocycles. The Morgan fingerprint density at radius 1 is 1.33 bits per heavy atom. The molecule has 0 amide bonds. The van der Waals surface area contributed by atoms with E-state index in [0.29, 0.717) is 6.07 Å². The van der Waals surface area contributed by atoms with Crippen molar-refractivity contribution in [3.05, 3.63) is 29.3 Å². The Balaban J connectivity index is 3.29. The van der Waals surface area contributed by atoms with Gasteiger partial charge in [-0.3, -0.25) is 0 Å². The lowest BCUT2D eigenvalue weighted by atomic mass is 10.1. The van der Waals surface area contributed by atoms with Crippen LogP contribution in [0.3, 0.4) is 0 Å². The molecule has 0 radical (unpaired) electrons. The van der Waals surface area contributed by atoms with Crippen LogP contribution in [0.2, 0.25) is 0 Å². The molecule has 1 aromatic carbocycles. The molecule has 7 heteroatoms. The van der Waals surface area contributed by atoms with Crippen LogP contribution in [-0.2, 0) is 6.18 Å². The van der Waals surface area contributed by atoms with Crippen LogP contribution < -0.4 is 5.73 Å². The van der Waals surface area contributed by atoms with Crippen molar-refractivity contribution in [2.45, 2.75) is 6.18 Å². The number of rotatable bonds is 1. The molecule has 15 heavy (non-hydrogen) atoms. The molecular formula is C8H7F3N2O2. The number of phenolic OH excluding ortho intramolecular Hbond substituents is 1. The largest absolute Gasteiger partial charge is 0.507 e. The standard InChI is InChI=1S/C8H7F3N2O2/c9-8(10,11)5-3-4(7(12)13-15)1-2-6(5)14/h1-3,14-15H,(H2,12,13). The number of alkyl halides is 3. The fraction of sp³-hybridized carbons (Fsp3) is 0.125. The minimum Gasteiger partial charge on any atom is -0.507 e. The molecule has 0 saturated carbocycles. The first-order valence-electron chi connectivity index (χ1n) is 3.74. The highest BCUT2D eigenvalue weighted by Crippen LogP contribution is 2.35. The smallest absolute Gasteiger partial charge is 0.419 e. The molecule has 0 spiro atoms. The molecule has 82 valence electrons. The molecule has 1 rings (SSSR count). The van der Waals surface area contributed by atoms with Gasteiger partial charge in [0.05, 0.1) is 5.56 Å². The van der Waals surface area contributed by atoms with E-state index in [4.69, 9.17) is 16.0 Å². The molecule has 0 atom stereocenters. The van der Waals surface area contributed by atoms with Gasteiger partial charge >= 0.3 is 6.18 Å². The van der Waals surface area contributed by atoms with E-state index in [1.54, 1.807) is 0 Å². The maximum atomic E-state index is 12.3. The van der Waals surface area contributed by atoms with Crippen LogP contribution in [0.1, 0.15) is 11.1 Å². The number of oxime groups is 1. The maximum absolute atomic E-state index is 12.3. The second-order valence-electron chi connectivity index (χ2n) is 2.71. The van der Waals surface area contributed by atoms with Crippen LogP contribution in [0.4, 0.5) is 13.2 Å². The molecule has 0 unspecified atom stereocenters. The van der Waals surface area contributed by atoms with Crippen LogP contribution in [0.5, 0.6) is 5.75 Å². The summed E-state index contributed by atoms with van der Waals surface area (Å²) in [6.07, 6.45) is -4.68. The lowest BCUT2D eigenvalue weighted by Gasteiger charge is -2.09. The number of benzene rings is 1. The third kappa shape index (κ3) is 2.30. The van der Waals surface area contributed by atoms with E-state index in [0.717, 1.165) is 12.1 Å². The molecule has 0 saturated heterocycles. The average Bonchev–Trinajstić information content (AvgIpc) is 2.15. The number of nitrogens with zero attached hydrogens (tertiary/aromatic N) is 1. The minimum absolute atomic E-state index is 0.123. The molecule has 4 N–H and O–H groups in total. The van der Waals surface area contributed by atoms with Crippen LogP contribution in [-0.4, -0.2) is 16.1 Å². The second kappa shape index (κ2) is 3.68. The van der Waals surface area contributed by atoms with Gasteiger partial charge in [0.25, 0.3) is 0 Å². The fourth-order valence-electron chi connectivity index (χ4n) is 0.980.